The maximum Gasteiger partial charge on any atom is 0.241 e. The molecule has 2 rings (SSSR count). The number of hydrogen-bond donors (Lipinski definition) is 1. The summed E-state index contributed by atoms with van der Waals surface area (Å²) >= 11 is 0. The molecule has 1 aromatic carbocycles. The van der Waals surface area contributed by atoms with E-state index in [-0.39, 0.29) is 17.0 Å². The number of benzene rings is 1. The van der Waals surface area contributed by atoms with E-state index in [1.165, 1.54) is 20.3 Å². The Morgan fingerprint density at radius 2 is 1.91 bits per heavy atom. The Labute approximate surface area is 131 Å². The molecule has 22 heavy (non-hydrogen) atoms. The molecule has 0 unspecified atom stereocenters. The van der Waals surface area contributed by atoms with Crippen molar-refractivity contribution < 1.29 is 22.6 Å². The lowest BCUT2D eigenvalue weighted by Crippen LogP contribution is -2.40. The zero-order valence-corrected chi connectivity index (χ0v) is 14.2. The fourth-order valence-electron chi connectivity index (χ4n) is 2.63. The first kappa shape index (κ1) is 17.1. The lowest BCUT2D eigenvalue weighted by molar-refractivity contribution is 0.0902. The van der Waals surface area contributed by atoms with Crippen molar-refractivity contribution in [2.75, 3.05) is 20.8 Å². The van der Waals surface area contributed by atoms with Gasteiger partial charge in [-0.05, 0) is 38.3 Å². The summed E-state index contributed by atoms with van der Waals surface area (Å²) in [7, 11) is -0.655. The van der Waals surface area contributed by atoms with Crippen LogP contribution in [-0.4, -0.2) is 41.4 Å². The van der Waals surface area contributed by atoms with Crippen molar-refractivity contribution in [1.82, 2.24) is 4.72 Å². The molecule has 1 aliphatic heterocycles. The van der Waals surface area contributed by atoms with E-state index in [1.54, 1.807) is 13.0 Å². The van der Waals surface area contributed by atoms with Gasteiger partial charge in [0.1, 0.15) is 0 Å². The molecule has 0 aliphatic carbocycles. The number of ether oxygens (including phenoxy) is 3. The number of rotatable bonds is 6. The number of aryl methyl sites for hydroxylation is 1. The van der Waals surface area contributed by atoms with Crippen molar-refractivity contribution in [3.05, 3.63) is 17.7 Å². The fourth-order valence-corrected chi connectivity index (χ4v) is 4.15. The van der Waals surface area contributed by atoms with Crippen LogP contribution in [0, 0.1) is 6.92 Å². The van der Waals surface area contributed by atoms with Crippen molar-refractivity contribution >= 4 is 10.0 Å². The highest BCUT2D eigenvalue weighted by atomic mass is 32.2. The summed E-state index contributed by atoms with van der Waals surface area (Å²) in [5.41, 5.74) is 0.602. The smallest absolute Gasteiger partial charge is 0.241 e. The van der Waals surface area contributed by atoms with Crippen LogP contribution >= 0.6 is 0 Å². The number of hydrogen-bond acceptors (Lipinski definition) is 5. The Hall–Kier alpha value is -1.31. The molecule has 6 nitrogen and oxygen atoms in total. The molecule has 0 radical (unpaired) electrons. The van der Waals surface area contributed by atoms with Gasteiger partial charge < -0.3 is 14.2 Å². The summed E-state index contributed by atoms with van der Waals surface area (Å²) in [6.45, 7) is 4.24. The minimum absolute atomic E-state index is 0.0739. The van der Waals surface area contributed by atoms with Crippen molar-refractivity contribution in [2.24, 2.45) is 0 Å². The van der Waals surface area contributed by atoms with Gasteiger partial charge in [-0.15, -0.1) is 0 Å². The third-order valence-corrected chi connectivity index (χ3v) is 5.54. The van der Waals surface area contributed by atoms with Crippen LogP contribution in [0.5, 0.6) is 11.5 Å². The highest BCUT2D eigenvalue weighted by molar-refractivity contribution is 7.89. The van der Waals surface area contributed by atoms with Gasteiger partial charge in [-0.1, -0.05) is 0 Å². The molecular formula is C15H23NO5S. The average Bonchev–Trinajstić information content (AvgIpc) is 3.00. The van der Waals surface area contributed by atoms with Gasteiger partial charge in [0.05, 0.1) is 25.2 Å². The van der Waals surface area contributed by atoms with E-state index in [0.717, 1.165) is 12.8 Å². The zero-order chi connectivity index (χ0) is 16.3. The summed E-state index contributed by atoms with van der Waals surface area (Å²) in [5, 5.41) is 0. The number of nitrogens with one attached hydrogen (secondary N) is 1. The van der Waals surface area contributed by atoms with Gasteiger partial charge in [0.25, 0.3) is 0 Å². The second-order valence-electron chi connectivity index (χ2n) is 5.43. The molecule has 1 heterocycles. The minimum Gasteiger partial charge on any atom is -0.493 e. The Morgan fingerprint density at radius 3 is 2.45 bits per heavy atom. The third-order valence-electron chi connectivity index (χ3n) is 3.83. The highest BCUT2D eigenvalue weighted by Gasteiger charge is 2.28. The van der Waals surface area contributed by atoms with E-state index in [0.29, 0.717) is 23.7 Å². The molecule has 2 atom stereocenters. The van der Waals surface area contributed by atoms with Crippen LogP contribution < -0.4 is 14.2 Å². The summed E-state index contributed by atoms with van der Waals surface area (Å²) in [6, 6.07) is 2.86. The Bertz CT molecular complexity index is 623. The predicted molar refractivity (Wildman–Crippen MR) is 83.0 cm³/mol. The van der Waals surface area contributed by atoms with Gasteiger partial charge in [-0.3, -0.25) is 0 Å². The largest absolute Gasteiger partial charge is 0.493 e. The van der Waals surface area contributed by atoms with Crippen molar-refractivity contribution in [1.29, 1.82) is 0 Å². The summed E-state index contributed by atoms with van der Waals surface area (Å²) in [5.74, 6) is 0.893. The fraction of sp³-hybridized carbons (Fsp3) is 0.600. The van der Waals surface area contributed by atoms with E-state index in [2.05, 4.69) is 4.72 Å². The first-order valence-corrected chi connectivity index (χ1v) is 8.74. The van der Waals surface area contributed by atoms with E-state index in [4.69, 9.17) is 14.2 Å². The molecule has 0 spiro atoms. The summed E-state index contributed by atoms with van der Waals surface area (Å²) in [6.07, 6.45) is 1.76. The lowest BCUT2D eigenvalue weighted by Gasteiger charge is -2.21. The number of methoxy groups -OCH3 is 2. The molecule has 1 fully saturated rings. The molecule has 1 saturated heterocycles. The van der Waals surface area contributed by atoms with Gasteiger partial charge in [0.2, 0.25) is 10.0 Å². The maximum atomic E-state index is 12.6. The standard InChI is InChI=1S/C15H23NO5S/c1-10-8-13(19-3)14(20-4)9-15(10)22(17,18)16-11(2)12-6-5-7-21-12/h8-9,11-12,16H,5-7H2,1-4H3/t11-,12+/m1/s1. The van der Waals surface area contributed by atoms with Crippen LogP contribution in [-0.2, 0) is 14.8 Å². The van der Waals surface area contributed by atoms with Crippen molar-refractivity contribution in [2.45, 2.75) is 43.7 Å². The van der Waals surface area contributed by atoms with Gasteiger partial charge in [0, 0.05) is 18.7 Å². The summed E-state index contributed by atoms with van der Waals surface area (Å²) in [4.78, 5) is 0.190. The van der Waals surface area contributed by atoms with Crippen LogP contribution in [0.3, 0.4) is 0 Å². The Balaban J connectivity index is 2.28. The Morgan fingerprint density at radius 1 is 1.27 bits per heavy atom. The van der Waals surface area contributed by atoms with E-state index < -0.39 is 10.0 Å². The van der Waals surface area contributed by atoms with Crippen molar-refractivity contribution in [3.63, 3.8) is 0 Å². The molecule has 124 valence electrons. The van der Waals surface area contributed by atoms with Crippen LogP contribution in [0.25, 0.3) is 0 Å². The quantitative estimate of drug-likeness (QED) is 0.862. The second kappa shape index (κ2) is 6.85. The first-order chi connectivity index (χ1) is 10.4. The number of sulfonamides is 1. The molecule has 0 amide bonds. The first-order valence-electron chi connectivity index (χ1n) is 7.25. The highest BCUT2D eigenvalue weighted by Crippen LogP contribution is 2.32. The topological polar surface area (TPSA) is 73.9 Å². The van der Waals surface area contributed by atoms with E-state index in [9.17, 15) is 8.42 Å². The maximum absolute atomic E-state index is 12.6. The normalized spacial score (nSPS) is 19.9. The predicted octanol–water partition coefficient (Wildman–Crippen LogP) is 1.86. The van der Waals surface area contributed by atoms with Crippen LogP contribution in [0.1, 0.15) is 25.3 Å². The molecule has 1 aromatic rings. The van der Waals surface area contributed by atoms with Crippen LogP contribution in [0.15, 0.2) is 17.0 Å². The molecule has 1 N–H and O–H groups in total. The molecule has 1 aliphatic rings. The average molecular weight is 329 g/mol. The third kappa shape index (κ3) is 3.53. The van der Waals surface area contributed by atoms with Gasteiger partial charge in [0.15, 0.2) is 11.5 Å². The summed E-state index contributed by atoms with van der Waals surface area (Å²) < 4.78 is 43.9. The molecular weight excluding hydrogens is 306 g/mol. The monoisotopic (exact) mass is 329 g/mol. The van der Waals surface area contributed by atoms with Gasteiger partial charge in [-0.2, -0.15) is 0 Å². The second-order valence-corrected chi connectivity index (χ2v) is 7.12. The van der Waals surface area contributed by atoms with Crippen LogP contribution in [0.2, 0.25) is 0 Å². The van der Waals surface area contributed by atoms with Gasteiger partial charge >= 0.3 is 0 Å². The van der Waals surface area contributed by atoms with E-state index >= 15 is 0 Å². The molecule has 0 saturated carbocycles. The Kier molecular flexibility index (Phi) is 5.31. The molecule has 0 aromatic heterocycles. The van der Waals surface area contributed by atoms with E-state index in [1.807, 2.05) is 6.92 Å². The molecule has 0 bridgehead atoms. The minimum atomic E-state index is -3.65. The van der Waals surface area contributed by atoms with Crippen LogP contribution in [0.4, 0.5) is 0 Å². The lowest BCUT2D eigenvalue weighted by atomic mass is 10.1. The zero-order valence-electron chi connectivity index (χ0n) is 13.4. The SMILES string of the molecule is COc1cc(C)c(S(=O)(=O)N[C@H](C)[C@@H]2CCCO2)cc1OC. The van der Waals surface area contributed by atoms with Gasteiger partial charge in [-0.25, -0.2) is 13.1 Å². The molecule has 7 heteroatoms. The van der Waals surface area contributed by atoms with Crippen molar-refractivity contribution in [3.8, 4) is 11.5 Å².